The lowest BCUT2D eigenvalue weighted by molar-refractivity contribution is 0.0730. The largest absolute Gasteiger partial charge is 0.504 e. The normalized spacial score (nSPS) is 14.9. The average Bonchev–Trinajstić information content (AvgIpc) is 3.15. The summed E-state index contributed by atoms with van der Waals surface area (Å²) in [5.41, 5.74) is 2.11. The zero-order valence-corrected chi connectivity index (χ0v) is 18.8. The van der Waals surface area contributed by atoms with E-state index in [2.05, 4.69) is 0 Å². The fourth-order valence-corrected chi connectivity index (χ4v) is 4.45. The van der Waals surface area contributed by atoms with Crippen LogP contribution >= 0.6 is 0 Å². The highest BCUT2D eigenvalue weighted by molar-refractivity contribution is 5.99. The van der Waals surface area contributed by atoms with Crippen LogP contribution in [0.2, 0.25) is 0 Å². The minimum Gasteiger partial charge on any atom is -0.504 e. The van der Waals surface area contributed by atoms with Crippen LogP contribution < -0.4 is 14.9 Å². The Morgan fingerprint density at radius 3 is 2.47 bits per heavy atom. The molecule has 5 rings (SSSR count). The maximum Gasteiger partial charge on any atom is 0.290 e. The number of hydrogen-bond acceptors (Lipinski definition) is 6. The van der Waals surface area contributed by atoms with Gasteiger partial charge in [0.1, 0.15) is 11.3 Å². The number of nitrogens with zero attached hydrogens (tertiary/aromatic N) is 1. The summed E-state index contributed by atoms with van der Waals surface area (Å²) in [6, 6.07) is 18.7. The van der Waals surface area contributed by atoms with Crippen LogP contribution in [0.25, 0.3) is 11.0 Å². The van der Waals surface area contributed by atoms with Gasteiger partial charge in [-0.1, -0.05) is 30.3 Å². The molecule has 1 aliphatic heterocycles. The molecule has 0 bridgehead atoms. The lowest BCUT2D eigenvalue weighted by Crippen LogP contribution is -2.31. The van der Waals surface area contributed by atoms with Crippen molar-refractivity contribution in [3.8, 4) is 17.2 Å². The Balaban J connectivity index is 1.61. The fraction of sp³-hybridized carbons (Fsp3) is 0.185. The van der Waals surface area contributed by atoms with Crippen LogP contribution in [0.5, 0.6) is 17.2 Å². The van der Waals surface area contributed by atoms with Crippen LogP contribution in [-0.2, 0) is 6.42 Å². The Bertz CT molecular complexity index is 1440. The number of ether oxygens (including phenoxy) is 2. The maximum atomic E-state index is 13.5. The third kappa shape index (κ3) is 3.55. The van der Waals surface area contributed by atoms with Crippen LogP contribution in [0.1, 0.15) is 33.3 Å². The highest BCUT2D eigenvalue weighted by Crippen LogP contribution is 2.40. The van der Waals surface area contributed by atoms with Crippen molar-refractivity contribution < 1.29 is 23.8 Å². The molecule has 0 fully saturated rings. The number of carbonyl (C=O) groups is 1. The quantitative estimate of drug-likeness (QED) is 0.464. The Morgan fingerprint density at radius 2 is 1.74 bits per heavy atom. The van der Waals surface area contributed by atoms with Crippen LogP contribution in [-0.4, -0.2) is 36.7 Å². The summed E-state index contributed by atoms with van der Waals surface area (Å²) in [4.78, 5) is 28.7. The third-order valence-electron chi connectivity index (χ3n) is 6.19. The van der Waals surface area contributed by atoms with Gasteiger partial charge in [-0.3, -0.25) is 9.59 Å². The second kappa shape index (κ2) is 8.59. The van der Waals surface area contributed by atoms with E-state index >= 15 is 0 Å². The summed E-state index contributed by atoms with van der Waals surface area (Å²) in [5.74, 6) is 0.702. The first-order chi connectivity index (χ1) is 16.5. The number of carbonyl (C=O) groups excluding carboxylic acids is 1. The summed E-state index contributed by atoms with van der Waals surface area (Å²) in [6.07, 6.45) is 0.573. The molecule has 0 unspecified atom stereocenters. The van der Waals surface area contributed by atoms with Crippen molar-refractivity contribution in [2.75, 3.05) is 20.8 Å². The van der Waals surface area contributed by atoms with E-state index in [1.165, 1.54) is 13.2 Å². The second-order valence-corrected chi connectivity index (χ2v) is 8.10. The van der Waals surface area contributed by atoms with Crippen molar-refractivity contribution in [3.05, 3.63) is 99.4 Å². The number of rotatable bonds is 6. The van der Waals surface area contributed by atoms with E-state index in [0.717, 1.165) is 11.3 Å². The monoisotopic (exact) mass is 457 g/mol. The predicted octanol–water partition coefficient (Wildman–Crippen LogP) is 4.30. The van der Waals surface area contributed by atoms with Crippen LogP contribution in [0.3, 0.4) is 0 Å². The fourth-order valence-electron chi connectivity index (χ4n) is 4.45. The first-order valence-corrected chi connectivity index (χ1v) is 10.9. The average molecular weight is 457 g/mol. The van der Waals surface area contributed by atoms with E-state index in [1.54, 1.807) is 48.4 Å². The van der Waals surface area contributed by atoms with Crippen LogP contribution in [0.15, 0.2) is 75.9 Å². The number of hydrogen-bond donors (Lipinski definition) is 1. The summed E-state index contributed by atoms with van der Waals surface area (Å²) in [6.45, 7) is 0.360. The molecule has 7 nitrogen and oxygen atoms in total. The molecule has 1 amide bonds. The maximum absolute atomic E-state index is 13.5. The van der Waals surface area contributed by atoms with E-state index in [1.807, 2.05) is 24.3 Å². The highest BCUT2D eigenvalue weighted by atomic mass is 16.5. The predicted molar refractivity (Wildman–Crippen MR) is 127 cm³/mol. The van der Waals surface area contributed by atoms with Crippen molar-refractivity contribution in [1.29, 1.82) is 0 Å². The number of phenolic OH excluding ortho intramolecular Hbond substituents is 1. The highest BCUT2D eigenvalue weighted by Gasteiger charge is 2.42. The van der Waals surface area contributed by atoms with Crippen molar-refractivity contribution in [2.45, 2.75) is 12.5 Å². The van der Waals surface area contributed by atoms with Crippen molar-refractivity contribution in [3.63, 3.8) is 0 Å². The molecule has 34 heavy (non-hydrogen) atoms. The van der Waals surface area contributed by atoms with E-state index < -0.39 is 6.04 Å². The molecule has 1 aliphatic rings. The summed E-state index contributed by atoms with van der Waals surface area (Å²) in [5, 5.41) is 10.5. The molecular weight excluding hydrogens is 434 g/mol. The Labute approximate surface area is 195 Å². The molecular formula is C27H23NO6. The zero-order valence-electron chi connectivity index (χ0n) is 18.8. The molecule has 1 aromatic heterocycles. The van der Waals surface area contributed by atoms with Crippen molar-refractivity contribution in [1.82, 2.24) is 4.90 Å². The minimum atomic E-state index is -0.670. The van der Waals surface area contributed by atoms with Crippen molar-refractivity contribution >= 4 is 16.9 Å². The van der Waals surface area contributed by atoms with Crippen LogP contribution in [0.4, 0.5) is 0 Å². The number of phenols is 1. The third-order valence-corrected chi connectivity index (χ3v) is 6.19. The molecule has 7 heteroatoms. The van der Waals surface area contributed by atoms with Gasteiger partial charge in [-0.05, 0) is 53.9 Å². The van der Waals surface area contributed by atoms with Gasteiger partial charge in [-0.15, -0.1) is 0 Å². The van der Waals surface area contributed by atoms with Gasteiger partial charge >= 0.3 is 0 Å². The van der Waals surface area contributed by atoms with E-state index in [0.29, 0.717) is 35.1 Å². The topological polar surface area (TPSA) is 89.2 Å². The number of methoxy groups -OCH3 is 2. The van der Waals surface area contributed by atoms with Crippen molar-refractivity contribution in [2.24, 2.45) is 0 Å². The van der Waals surface area contributed by atoms with Gasteiger partial charge in [0.05, 0.1) is 31.2 Å². The molecule has 0 spiro atoms. The Hall–Kier alpha value is -4.26. The number of aromatic hydroxyl groups is 1. The van der Waals surface area contributed by atoms with Gasteiger partial charge in [0.2, 0.25) is 5.76 Å². The number of benzene rings is 3. The number of para-hydroxylation sites is 1. The first-order valence-electron chi connectivity index (χ1n) is 10.9. The van der Waals surface area contributed by atoms with Crippen LogP contribution in [0, 0.1) is 0 Å². The van der Waals surface area contributed by atoms with Gasteiger partial charge in [-0.25, -0.2) is 0 Å². The molecule has 3 aromatic carbocycles. The lowest BCUT2D eigenvalue weighted by Gasteiger charge is -2.25. The van der Waals surface area contributed by atoms with Gasteiger partial charge in [-0.2, -0.15) is 0 Å². The molecule has 0 saturated heterocycles. The lowest BCUT2D eigenvalue weighted by atomic mass is 9.98. The summed E-state index contributed by atoms with van der Waals surface area (Å²) in [7, 11) is 3.07. The molecule has 1 atom stereocenters. The molecule has 4 aromatic rings. The number of amides is 1. The Kier molecular flexibility index (Phi) is 5.45. The second-order valence-electron chi connectivity index (χ2n) is 8.10. The SMILES string of the molecule is COc1ccc(CCN2C(=O)c3oc4ccccc4c(=O)c3[C@@H]2c2ccc(O)c(OC)c2)cc1. The zero-order chi connectivity index (χ0) is 23.8. The van der Waals surface area contributed by atoms with Gasteiger partial charge < -0.3 is 23.9 Å². The van der Waals surface area contributed by atoms with Gasteiger partial charge in [0.15, 0.2) is 16.9 Å². The number of fused-ring (bicyclic) bond motifs is 2. The minimum absolute atomic E-state index is 0.0221. The smallest absolute Gasteiger partial charge is 0.290 e. The van der Waals surface area contributed by atoms with E-state index in [4.69, 9.17) is 13.9 Å². The molecule has 2 heterocycles. The molecule has 1 N–H and O–H groups in total. The van der Waals surface area contributed by atoms with Gasteiger partial charge in [0.25, 0.3) is 5.91 Å². The van der Waals surface area contributed by atoms with E-state index in [9.17, 15) is 14.7 Å². The standard InChI is InChI=1S/C27H23NO6/c1-32-18-10-7-16(8-11-18)13-14-28-24(17-9-12-20(29)22(15-17)33-2)23-25(30)19-5-3-4-6-21(19)34-26(23)27(28)31/h3-12,15,24,29H,13-14H2,1-2H3/t24-/m0/s1. The summed E-state index contributed by atoms with van der Waals surface area (Å²) >= 11 is 0. The first kappa shape index (κ1) is 21.6. The Morgan fingerprint density at radius 1 is 0.971 bits per heavy atom. The molecule has 0 aliphatic carbocycles. The van der Waals surface area contributed by atoms with E-state index in [-0.39, 0.29) is 28.6 Å². The molecule has 0 saturated carbocycles. The molecule has 172 valence electrons. The molecule has 0 radical (unpaired) electrons. The summed E-state index contributed by atoms with van der Waals surface area (Å²) < 4.78 is 16.5. The van der Waals surface area contributed by atoms with Gasteiger partial charge in [0, 0.05) is 6.54 Å².